The molecule has 0 unspecified atom stereocenters. The molecule has 8 N–H and O–H groups in total. The quantitative estimate of drug-likeness (QED) is 0.0843. The average molecular weight is 1270 g/mol. The fourth-order valence-corrected chi connectivity index (χ4v) is 12.1. The molecule has 20 nitrogen and oxygen atoms in total. The summed E-state index contributed by atoms with van der Waals surface area (Å²) in [6, 6.07) is 25.4. The summed E-state index contributed by atoms with van der Waals surface area (Å²) in [5.74, 6) is -0.512. The maximum absolute atomic E-state index is 12.1. The van der Waals surface area contributed by atoms with E-state index in [9.17, 15) is 54.1 Å². The molecule has 0 fully saturated rings. The van der Waals surface area contributed by atoms with E-state index < -0.39 is 64.3 Å². The van der Waals surface area contributed by atoms with Gasteiger partial charge in [-0.3, -0.25) is 20.0 Å². The molecule has 0 aromatic heterocycles. The Bertz CT molecular complexity index is 2740. The van der Waals surface area contributed by atoms with Crippen molar-refractivity contribution in [1.82, 2.24) is 18.9 Å². The van der Waals surface area contributed by atoms with Crippen molar-refractivity contribution < 1.29 is 93.1 Å². The van der Waals surface area contributed by atoms with Crippen LogP contribution in [-0.2, 0) is 79.0 Å². The van der Waals surface area contributed by atoms with Crippen LogP contribution in [-0.4, -0.2) is 128 Å². The first-order valence-corrected chi connectivity index (χ1v) is 28.8. The first kappa shape index (κ1) is 62.9. The first-order valence-electron chi connectivity index (χ1n) is 22.8. The predicted octanol–water partition coefficient (Wildman–Crippen LogP) is 5.26. The summed E-state index contributed by atoms with van der Waals surface area (Å²) in [7, 11) is -14.4. The van der Waals surface area contributed by atoms with Gasteiger partial charge in [0.05, 0.1) is 43.7 Å². The number of rotatable bonds is 12. The van der Waals surface area contributed by atoms with Crippen LogP contribution in [0.15, 0.2) is 143 Å². The maximum Gasteiger partial charge on any atom is 0.241 e. The molecule has 4 atom stereocenters. The summed E-state index contributed by atoms with van der Waals surface area (Å²) >= 11 is 0. The molecule has 4 aromatic rings. The zero-order chi connectivity index (χ0) is 51.8. The number of sulfonamides is 4. The summed E-state index contributed by atoms with van der Waals surface area (Å²) < 4.78 is 106. The number of hydrogen-bond donors (Lipinski definition) is 8. The van der Waals surface area contributed by atoms with Crippen LogP contribution in [0, 0.1) is 20.8 Å². The second kappa shape index (κ2) is 29.1. The van der Waals surface area contributed by atoms with Gasteiger partial charge in [0, 0.05) is 65.1 Å². The van der Waals surface area contributed by atoms with Crippen LogP contribution in [0.4, 0.5) is 0 Å². The monoisotopic (exact) mass is 1260 g/mol. The van der Waals surface area contributed by atoms with Gasteiger partial charge >= 0.3 is 0 Å². The molecular weight excluding hydrogens is 1200 g/mol. The molecule has 8 rings (SSSR count). The fraction of sp³-hybridized carbons (Fsp3) is 0.404. The van der Waals surface area contributed by atoms with E-state index in [1.165, 1.54) is 12.1 Å². The summed E-state index contributed by atoms with van der Waals surface area (Å²) in [6.07, 6.45) is 5.36. The summed E-state index contributed by atoms with van der Waals surface area (Å²) in [5, 5.41) is 38.1. The van der Waals surface area contributed by atoms with E-state index in [1.807, 2.05) is 20.8 Å². The summed E-state index contributed by atoms with van der Waals surface area (Å²) in [5.41, 5.74) is 2.99. The van der Waals surface area contributed by atoms with Crippen molar-refractivity contribution >= 4 is 63.7 Å². The zero-order valence-corrected chi connectivity index (χ0v) is 46.8. The summed E-state index contributed by atoms with van der Waals surface area (Å²) in [6.45, 7) is 7.88. The second-order valence-corrected chi connectivity index (χ2v) is 23.8. The zero-order valence-electron chi connectivity index (χ0n) is 40.3. The second-order valence-electron chi connectivity index (χ2n) is 17.0. The molecule has 0 aliphatic carbocycles. The predicted molar refractivity (Wildman–Crippen MR) is 273 cm³/mol. The Morgan fingerprint density at radius 2 is 0.562 bits per heavy atom. The van der Waals surface area contributed by atoms with Crippen molar-refractivity contribution in [2.45, 2.75) is 116 Å². The molecule has 4 heterocycles. The molecule has 404 valence electrons. The fourth-order valence-electron chi connectivity index (χ4n) is 7.13. The van der Waals surface area contributed by atoms with Crippen molar-refractivity contribution in [1.29, 1.82) is 0 Å². The van der Waals surface area contributed by atoms with Gasteiger partial charge in [-0.25, -0.2) is 33.7 Å². The van der Waals surface area contributed by atoms with Gasteiger partial charge < -0.3 is 20.4 Å². The van der Waals surface area contributed by atoms with Crippen LogP contribution in [0.1, 0.15) is 68.1 Å². The Morgan fingerprint density at radius 3 is 0.767 bits per heavy atom. The number of hydrogen-bond acceptors (Lipinski definition) is 12. The first-order chi connectivity index (χ1) is 33.6. The topological polar surface area (TPSA) is 315 Å². The number of aliphatic hydroxyl groups excluding tert-OH is 4. The van der Waals surface area contributed by atoms with Crippen LogP contribution in [0.3, 0.4) is 0 Å². The van der Waals surface area contributed by atoms with Crippen LogP contribution < -0.4 is 18.9 Å². The van der Waals surface area contributed by atoms with Crippen molar-refractivity contribution in [3.63, 3.8) is 0 Å². The van der Waals surface area contributed by atoms with E-state index in [-0.39, 0.29) is 82.1 Å². The van der Waals surface area contributed by atoms with Gasteiger partial charge in [-0.05, 0) is 121 Å². The van der Waals surface area contributed by atoms with Gasteiger partial charge in [-0.15, -0.1) is 0 Å². The van der Waals surface area contributed by atoms with Crippen molar-refractivity contribution in [2.24, 2.45) is 20.0 Å². The van der Waals surface area contributed by atoms with Gasteiger partial charge in [0.25, 0.3) is 0 Å². The van der Waals surface area contributed by atoms with Gasteiger partial charge in [0.1, 0.15) is 0 Å². The molecule has 4 aliphatic heterocycles. The average Bonchev–Trinajstić information content (AvgIpc) is 3.33. The van der Waals surface area contributed by atoms with E-state index in [2.05, 4.69) is 38.9 Å². The molecule has 2 radical (unpaired) electrons. The third-order valence-corrected chi connectivity index (χ3v) is 17.1. The van der Waals surface area contributed by atoms with E-state index in [4.69, 9.17) is 0 Å². The molecular formula is C47H62N8O12Rh2S4. The Kier molecular flexibility index (Phi) is 25.1. The molecule has 0 spiro atoms. The molecule has 0 bridgehead atoms. The van der Waals surface area contributed by atoms with Gasteiger partial charge in [-0.1, -0.05) is 71.3 Å². The molecule has 26 heteroatoms. The van der Waals surface area contributed by atoms with E-state index >= 15 is 0 Å². The minimum atomic E-state index is -3.60. The van der Waals surface area contributed by atoms with Crippen LogP contribution in [0.25, 0.3) is 0 Å². The Hall–Kier alpha value is -4.35. The molecule has 73 heavy (non-hydrogen) atoms. The third kappa shape index (κ3) is 19.7. The van der Waals surface area contributed by atoms with Crippen molar-refractivity contribution in [3.05, 3.63) is 120 Å². The molecule has 4 aliphatic rings. The number of aryl methyl sites for hydroxylation is 3. The molecule has 0 saturated heterocycles. The van der Waals surface area contributed by atoms with E-state index in [1.54, 1.807) is 91.0 Å². The van der Waals surface area contributed by atoms with Gasteiger partial charge in [0.2, 0.25) is 40.1 Å². The standard InChI is InChI=1S/3C12H16N2O3S.C11H14N2O3S.2Rh/c3*1-9-4-6-10(7-5-9)18(16,17)14-11-3-2-8-13-12(11)15;14-11-10(7-4-8-12-11)13-17(15,16)9-5-2-1-3-6-9;;/h3*4-7,11,14H,2-3,8H2,1H3,(H,13,15);1-3,5-6,10,13H,4,7-8H2,(H,12,14);;/t3*11-;10-;;/m0000../s1. The summed E-state index contributed by atoms with van der Waals surface area (Å²) in [4.78, 5) is 16.2. The van der Waals surface area contributed by atoms with Crippen molar-refractivity contribution in [2.75, 3.05) is 26.2 Å². The van der Waals surface area contributed by atoms with Crippen LogP contribution in [0.5, 0.6) is 0 Å². The number of nitrogens with one attached hydrogen (secondary N) is 4. The minimum Gasteiger partial charge on any atom is -0.495 e. The molecule has 0 saturated carbocycles. The van der Waals surface area contributed by atoms with Crippen molar-refractivity contribution in [3.8, 4) is 0 Å². The van der Waals surface area contributed by atoms with Crippen LogP contribution in [0.2, 0.25) is 0 Å². The van der Waals surface area contributed by atoms with E-state index in [0.29, 0.717) is 51.9 Å². The third-order valence-electron chi connectivity index (χ3n) is 11.2. The number of aliphatic imine (C=N–C) groups is 4. The number of benzene rings is 4. The Labute approximate surface area is 454 Å². The van der Waals surface area contributed by atoms with Gasteiger partial charge in [0.15, 0.2) is 23.6 Å². The Morgan fingerprint density at radius 1 is 0.356 bits per heavy atom. The smallest absolute Gasteiger partial charge is 0.241 e. The minimum absolute atomic E-state index is 0. The molecule has 4 aromatic carbocycles. The van der Waals surface area contributed by atoms with Crippen LogP contribution >= 0.6 is 0 Å². The number of aliphatic hydroxyl groups is 4. The maximum atomic E-state index is 12.1. The number of nitrogens with zero attached hydrogens (tertiary/aromatic N) is 4. The van der Waals surface area contributed by atoms with E-state index in [0.717, 1.165) is 42.4 Å². The van der Waals surface area contributed by atoms with Gasteiger partial charge in [-0.2, -0.15) is 18.9 Å². The SMILES string of the molecule is Cc1ccc(S(=O)(=O)N[C@H]2CCCN=C2O)cc1.Cc1ccc(S(=O)(=O)N[C@H]2CCCN=C2O)cc1.Cc1ccc(S(=O)(=O)N[C@H]2CCCN=C2O)cc1.O=S(=O)(N[C@H]1CCCN=C1O)c1ccccc1.[Rh].[Rh]. The Balaban J connectivity index is 0.000000255. The largest absolute Gasteiger partial charge is 0.495 e. The molecule has 0 amide bonds. The normalized spacial score (nSPS) is 20.0.